The van der Waals surface area contributed by atoms with E-state index in [1.807, 2.05) is 6.92 Å². The van der Waals surface area contributed by atoms with Crippen molar-refractivity contribution in [3.63, 3.8) is 0 Å². The molecule has 1 heterocycles. The molecule has 0 spiro atoms. The van der Waals surface area contributed by atoms with Gasteiger partial charge in [0.25, 0.3) is 0 Å². The van der Waals surface area contributed by atoms with E-state index in [9.17, 15) is 23.1 Å². The number of rotatable bonds is 4. The largest absolute Gasteiger partial charge is 0.393 e. The maximum absolute atomic E-state index is 14.5. The quantitative estimate of drug-likeness (QED) is 0.560. The molecule has 3 aromatic rings. The van der Waals surface area contributed by atoms with Gasteiger partial charge in [0.1, 0.15) is 17.5 Å². The zero-order valence-corrected chi connectivity index (χ0v) is 17.0. The number of fused-ring (bicyclic) bond motifs is 1. The van der Waals surface area contributed by atoms with Crippen molar-refractivity contribution in [2.75, 3.05) is 0 Å². The number of aromatic amines is 1. The lowest BCUT2D eigenvalue weighted by molar-refractivity contribution is -0.132. The second kappa shape index (κ2) is 7.12. The Bertz CT molecular complexity index is 1160. The van der Waals surface area contributed by atoms with Crippen LogP contribution in [-0.2, 0) is 4.79 Å². The van der Waals surface area contributed by atoms with Crippen LogP contribution in [0, 0.1) is 23.4 Å². The number of aliphatic hydroxyl groups is 1. The van der Waals surface area contributed by atoms with Gasteiger partial charge in [0.15, 0.2) is 0 Å². The van der Waals surface area contributed by atoms with Crippen molar-refractivity contribution in [3.05, 3.63) is 59.4 Å². The van der Waals surface area contributed by atoms with Gasteiger partial charge in [-0.2, -0.15) is 0 Å². The van der Waals surface area contributed by atoms with Crippen molar-refractivity contribution >= 4 is 16.8 Å². The fraction of sp³-hybridized carbons (Fsp3) is 0.375. The van der Waals surface area contributed by atoms with Gasteiger partial charge in [-0.25, -0.2) is 13.2 Å². The molecule has 0 aliphatic heterocycles. The van der Waals surface area contributed by atoms with Crippen molar-refractivity contribution in [2.45, 2.75) is 50.2 Å². The molecule has 0 bridgehead atoms. The number of aliphatic hydroxyl groups excluding tert-OH is 1. The van der Waals surface area contributed by atoms with E-state index in [2.05, 4.69) is 10.3 Å². The third-order valence-electron chi connectivity index (χ3n) is 6.71. The number of hydrogen-bond donors (Lipinski definition) is 3. The van der Waals surface area contributed by atoms with Gasteiger partial charge in [0.2, 0.25) is 5.91 Å². The fourth-order valence-electron chi connectivity index (χ4n) is 5.06. The summed E-state index contributed by atoms with van der Waals surface area (Å²) in [7, 11) is 0. The van der Waals surface area contributed by atoms with E-state index in [0.717, 1.165) is 11.6 Å². The monoisotopic (exact) mass is 428 g/mol. The Morgan fingerprint density at radius 2 is 1.77 bits per heavy atom. The van der Waals surface area contributed by atoms with Crippen LogP contribution in [0.2, 0.25) is 0 Å². The lowest BCUT2D eigenvalue weighted by Gasteiger charge is -2.45. The van der Waals surface area contributed by atoms with E-state index in [4.69, 9.17) is 0 Å². The number of carbonyl (C=O) groups is 1. The van der Waals surface area contributed by atoms with Crippen molar-refractivity contribution in [1.29, 1.82) is 0 Å². The average Bonchev–Trinajstić information content (AvgIpc) is 2.99. The smallest absolute Gasteiger partial charge is 0.223 e. The first-order valence-electron chi connectivity index (χ1n) is 10.5. The molecule has 2 saturated carbocycles. The summed E-state index contributed by atoms with van der Waals surface area (Å²) >= 11 is 0. The Kier molecular flexibility index (Phi) is 4.62. The summed E-state index contributed by atoms with van der Waals surface area (Å²) < 4.78 is 41.9. The van der Waals surface area contributed by atoms with Gasteiger partial charge in [0.05, 0.1) is 17.3 Å². The van der Waals surface area contributed by atoms with E-state index >= 15 is 0 Å². The van der Waals surface area contributed by atoms with Crippen molar-refractivity contribution in [1.82, 2.24) is 10.3 Å². The van der Waals surface area contributed by atoms with Crippen LogP contribution < -0.4 is 5.32 Å². The number of halogens is 3. The molecule has 1 aromatic heterocycles. The minimum Gasteiger partial charge on any atom is -0.393 e. The molecule has 0 atom stereocenters. The summed E-state index contributed by atoms with van der Waals surface area (Å²) in [6, 6.07) is 7.99. The molecule has 1 amide bonds. The molecule has 5 rings (SSSR count). The molecule has 2 aliphatic carbocycles. The van der Waals surface area contributed by atoms with E-state index in [1.54, 1.807) is 12.1 Å². The SMILES string of the molecule is C[C@]1(NC(=O)[C@H]2C[C@H](c3c(-c4ccc(F)cc4)[nH]c4c(F)cc(F)cc43)C2)C[C@@H](O)C1. The van der Waals surface area contributed by atoms with Crippen LogP contribution in [0.3, 0.4) is 0 Å². The van der Waals surface area contributed by atoms with Crippen molar-refractivity contribution < 1.29 is 23.1 Å². The van der Waals surface area contributed by atoms with Gasteiger partial charge in [-0.15, -0.1) is 0 Å². The van der Waals surface area contributed by atoms with Crippen LogP contribution in [0.5, 0.6) is 0 Å². The number of hydrogen-bond acceptors (Lipinski definition) is 2. The van der Waals surface area contributed by atoms with Gasteiger partial charge in [-0.05, 0) is 80.0 Å². The summed E-state index contributed by atoms with van der Waals surface area (Å²) in [5, 5.41) is 13.0. The van der Waals surface area contributed by atoms with Gasteiger partial charge >= 0.3 is 0 Å². The van der Waals surface area contributed by atoms with Crippen LogP contribution in [0.15, 0.2) is 36.4 Å². The van der Waals surface area contributed by atoms with Gasteiger partial charge in [0, 0.05) is 22.9 Å². The molecule has 2 fully saturated rings. The Balaban J connectivity index is 1.45. The molecule has 0 radical (unpaired) electrons. The molecule has 0 saturated heterocycles. The van der Waals surface area contributed by atoms with Crippen LogP contribution >= 0.6 is 0 Å². The van der Waals surface area contributed by atoms with E-state index in [0.29, 0.717) is 42.3 Å². The second-order valence-electron chi connectivity index (χ2n) is 9.21. The molecular formula is C24H23F3N2O2. The molecule has 31 heavy (non-hydrogen) atoms. The number of nitrogens with one attached hydrogen (secondary N) is 2. The minimum absolute atomic E-state index is 0.0498. The Morgan fingerprint density at radius 1 is 1.10 bits per heavy atom. The van der Waals surface area contributed by atoms with Crippen molar-refractivity contribution in [2.24, 2.45) is 5.92 Å². The number of carbonyl (C=O) groups excluding carboxylic acids is 1. The Hall–Kier alpha value is -2.80. The molecule has 162 valence electrons. The highest BCUT2D eigenvalue weighted by Gasteiger charge is 2.44. The Labute approximate surface area is 177 Å². The lowest BCUT2D eigenvalue weighted by Crippen LogP contribution is -2.59. The third-order valence-corrected chi connectivity index (χ3v) is 6.71. The second-order valence-corrected chi connectivity index (χ2v) is 9.21. The van der Waals surface area contributed by atoms with E-state index in [1.165, 1.54) is 18.2 Å². The fourth-order valence-corrected chi connectivity index (χ4v) is 5.06. The zero-order valence-electron chi connectivity index (χ0n) is 17.0. The molecule has 3 N–H and O–H groups in total. The predicted octanol–water partition coefficient (Wildman–Crippen LogP) is 4.78. The maximum atomic E-state index is 14.5. The maximum Gasteiger partial charge on any atom is 0.223 e. The van der Waals surface area contributed by atoms with Crippen LogP contribution in [0.1, 0.15) is 44.1 Å². The van der Waals surface area contributed by atoms with Gasteiger partial charge < -0.3 is 15.4 Å². The number of amides is 1. The normalized spacial score (nSPS) is 27.6. The summed E-state index contributed by atoms with van der Waals surface area (Å²) in [6.45, 7) is 1.92. The number of H-pyrrole nitrogens is 1. The van der Waals surface area contributed by atoms with Crippen molar-refractivity contribution in [3.8, 4) is 11.3 Å². The highest BCUT2D eigenvalue weighted by Crippen LogP contribution is 2.48. The van der Waals surface area contributed by atoms with E-state index < -0.39 is 11.6 Å². The zero-order chi connectivity index (χ0) is 21.9. The summed E-state index contributed by atoms with van der Waals surface area (Å²) in [5.41, 5.74) is 1.90. The highest BCUT2D eigenvalue weighted by molar-refractivity contribution is 5.92. The van der Waals surface area contributed by atoms with Gasteiger partial charge in [-0.1, -0.05) is 0 Å². The summed E-state index contributed by atoms with van der Waals surface area (Å²) in [5.74, 6) is -2.02. The Morgan fingerprint density at radius 3 is 2.42 bits per heavy atom. The summed E-state index contributed by atoms with van der Waals surface area (Å²) in [4.78, 5) is 15.7. The molecular weight excluding hydrogens is 405 g/mol. The number of benzene rings is 2. The average molecular weight is 428 g/mol. The predicted molar refractivity (Wildman–Crippen MR) is 111 cm³/mol. The first-order chi connectivity index (χ1) is 14.7. The van der Waals surface area contributed by atoms with Crippen LogP contribution in [0.4, 0.5) is 13.2 Å². The lowest BCUT2D eigenvalue weighted by atomic mass is 9.68. The topological polar surface area (TPSA) is 65.1 Å². The highest BCUT2D eigenvalue weighted by atomic mass is 19.1. The molecule has 4 nitrogen and oxygen atoms in total. The standard InChI is InChI=1S/C24H23F3N2O2/c1-24(10-17(30)11-24)29-23(31)14-6-13(7-14)20-18-8-16(26)9-19(27)22(18)28-21(20)12-2-4-15(25)5-3-12/h2-5,8-9,13-14,17,28,30H,6-7,10-11H2,1H3,(H,29,31)/t13-,14-,17-,24+. The first kappa shape index (κ1) is 20.1. The number of aromatic nitrogens is 1. The third kappa shape index (κ3) is 3.51. The van der Waals surface area contributed by atoms with E-state index in [-0.39, 0.29) is 40.7 Å². The molecule has 0 unspecified atom stereocenters. The van der Waals surface area contributed by atoms with Crippen LogP contribution in [0.25, 0.3) is 22.2 Å². The molecule has 7 heteroatoms. The van der Waals surface area contributed by atoms with Gasteiger partial charge in [-0.3, -0.25) is 4.79 Å². The first-order valence-corrected chi connectivity index (χ1v) is 10.5. The minimum atomic E-state index is -0.685. The molecule has 2 aliphatic rings. The summed E-state index contributed by atoms with van der Waals surface area (Å²) in [6.07, 6.45) is 1.84. The van der Waals surface area contributed by atoms with Crippen LogP contribution in [-0.4, -0.2) is 27.6 Å². The molecule has 2 aromatic carbocycles.